The smallest absolute Gasteiger partial charge is 0.248 e. The maximum Gasteiger partial charge on any atom is 0.248 e. The van der Waals surface area contributed by atoms with Crippen LogP contribution in [0.2, 0.25) is 0 Å². The fraction of sp³-hybridized carbons (Fsp3) is 0.333. The first kappa shape index (κ1) is 11.6. The molecule has 0 saturated heterocycles. The molecule has 0 fully saturated rings. The highest BCUT2D eigenvalue weighted by Gasteiger charge is 2.12. The molecule has 0 spiro atoms. The molecule has 5 nitrogen and oxygen atoms in total. The summed E-state index contributed by atoms with van der Waals surface area (Å²) < 4.78 is 10.7. The van der Waals surface area contributed by atoms with Crippen molar-refractivity contribution < 1.29 is 14.3 Å². The van der Waals surface area contributed by atoms with Crippen LogP contribution in [0.25, 0.3) is 11.5 Å². The Bertz CT molecular complexity index is 494. The van der Waals surface area contributed by atoms with Gasteiger partial charge in [0, 0.05) is 5.56 Å². The molecule has 0 amide bonds. The van der Waals surface area contributed by atoms with Gasteiger partial charge in [-0.2, -0.15) is 0 Å². The lowest BCUT2D eigenvalue weighted by Gasteiger charge is -2.03. The Kier molecular flexibility index (Phi) is 3.39. The molecule has 1 aromatic heterocycles. The quantitative estimate of drug-likeness (QED) is 0.878. The van der Waals surface area contributed by atoms with Crippen molar-refractivity contribution in [1.29, 1.82) is 0 Å². The van der Waals surface area contributed by atoms with Crippen LogP contribution in [-0.2, 0) is 0 Å². The predicted molar refractivity (Wildman–Crippen MR) is 61.5 cm³/mol. The van der Waals surface area contributed by atoms with Gasteiger partial charge in [0.05, 0.1) is 6.61 Å². The highest BCUT2D eigenvalue weighted by molar-refractivity contribution is 5.55. The van der Waals surface area contributed by atoms with Gasteiger partial charge in [0.25, 0.3) is 0 Å². The molecule has 17 heavy (non-hydrogen) atoms. The van der Waals surface area contributed by atoms with Gasteiger partial charge in [0.1, 0.15) is 11.9 Å². The van der Waals surface area contributed by atoms with Crippen LogP contribution < -0.4 is 4.74 Å². The lowest BCUT2D eigenvalue weighted by Crippen LogP contribution is -1.91. The molecular weight excluding hydrogens is 220 g/mol. The summed E-state index contributed by atoms with van der Waals surface area (Å²) in [6.07, 6.45) is -0.758. The molecule has 0 saturated carbocycles. The summed E-state index contributed by atoms with van der Waals surface area (Å²) in [5.41, 5.74) is 0.773. The largest absolute Gasteiger partial charge is 0.494 e. The highest BCUT2D eigenvalue weighted by atomic mass is 16.5. The van der Waals surface area contributed by atoms with Crippen molar-refractivity contribution in [2.45, 2.75) is 20.0 Å². The van der Waals surface area contributed by atoms with E-state index in [2.05, 4.69) is 10.2 Å². The van der Waals surface area contributed by atoms with Crippen molar-refractivity contribution >= 4 is 0 Å². The van der Waals surface area contributed by atoms with E-state index < -0.39 is 6.10 Å². The number of aliphatic hydroxyl groups excluding tert-OH is 1. The summed E-state index contributed by atoms with van der Waals surface area (Å²) >= 11 is 0. The van der Waals surface area contributed by atoms with Gasteiger partial charge in [-0.15, -0.1) is 10.2 Å². The molecule has 1 aromatic carbocycles. The summed E-state index contributed by atoms with van der Waals surface area (Å²) in [6, 6.07) is 7.39. The molecule has 2 aromatic rings. The molecule has 0 bridgehead atoms. The number of ether oxygens (including phenoxy) is 1. The van der Waals surface area contributed by atoms with E-state index >= 15 is 0 Å². The van der Waals surface area contributed by atoms with Crippen LogP contribution in [0, 0.1) is 0 Å². The number of benzene rings is 1. The van der Waals surface area contributed by atoms with Crippen molar-refractivity contribution in [3.8, 4) is 17.2 Å². The summed E-state index contributed by atoms with van der Waals surface area (Å²) in [6.45, 7) is 4.10. The second-order valence-corrected chi connectivity index (χ2v) is 3.58. The Morgan fingerprint density at radius 2 is 2.24 bits per heavy atom. The number of aromatic nitrogens is 2. The minimum Gasteiger partial charge on any atom is -0.494 e. The predicted octanol–water partition coefficient (Wildman–Crippen LogP) is 2.19. The van der Waals surface area contributed by atoms with Crippen LogP contribution in [0.15, 0.2) is 28.7 Å². The molecule has 0 radical (unpaired) electrons. The van der Waals surface area contributed by atoms with Gasteiger partial charge in [-0.1, -0.05) is 6.07 Å². The standard InChI is InChI=1S/C12H14N2O3/c1-3-16-10-6-4-5-9(7-10)12-14-13-11(17-12)8(2)15/h4-8,15H,3H2,1-2H3. The van der Waals surface area contributed by atoms with E-state index in [4.69, 9.17) is 9.15 Å². The Morgan fingerprint density at radius 3 is 2.88 bits per heavy atom. The van der Waals surface area contributed by atoms with Crippen LogP contribution >= 0.6 is 0 Å². The summed E-state index contributed by atoms with van der Waals surface area (Å²) in [5.74, 6) is 1.34. The zero-order valence-electron chi connectivity index (χ0n) is 9.75. The van der Waals surface area contributed by atoms with Crippen molar-refractivity contribution in [2.24, 2.45) is 0 Å². The number of nitrogens with zero attached hydrogens (tertiary/aromatic N) is 2. The van der Waals surface area contributed by atoms with Crippen molar-refractivity contribution in [2.75, 3.05) is 6.61 Å². The van der Waals surface area contributed by atoms with Gasteiger partial charge in [0.2, 0.25) is 11.8 Å². The average molecular weight is 234 g/mol. The summed E-state index contributed by atoms with van der Waals surface area (Å²) in [5, 5.41) is 16.9. The normalized spacial score (nSPS) is 12.4. The first-order chi connectivity index (χ1) is 8.20. The third-order valence-electron chi connectivity index (χ3n) is 2.19. The van der Waals surface area contributed by atoms with Crippen molar-refractivity contribution in [3.05, 3.63) is 30.2 Å². The molecule has 0 aliphatic carbocycles. The molecule has 90 valence electrons. The molecule has 5 heteroatoms. The number of hydrogen-bond donors (Lipinski definition) is 1. The second kappa shape index (κ2) is 4.97. The number of hydrogen-bond acceptors (Lipinski definition) is 5. The van der Waals surface area contributed by atoms with E-state index in [1.54, 1.807) is 6.92 Å². The third kappa shape index (κ3) is 2.62. The lowest BCUT2D eigenvalue weighted by atomic mass is 10.2. The number of aliphatic hydroxyl groups is 1. The maximum atomic E-state index is 9.30. The highest BCUT2D eigenvalue weighted by Crippen LogP contribution is 2.24. The Balaban J connectivity index is 2.28. The van der Waals surface area contributed by atoms with Gasteiger partial charge in [0.15, 0.2) is 0 Å². The molecule has 1 unspecified atom stereocenters. The Morgan fingerprint density at radius 1 is 1.41 bits per heavy atom. The van der Waals surface area contributed by atoms with E-state index in [1.165, 1.54) is 0 Å². The fourth-order valence-electron chi connectivity index (χ4n) is 1.41. The van der Waals surface area contributed by atoms with Crippen LogP contribution in [0.5, 0.6) is 5.75 Å². The van der Waals surface area contributed by atoms with E-state index in [-0.39, 0.29) is 5.89 Å². The first-order valence-corrected chi connectivity index (χ1v) is 5.45. The van der Waals surface area contributed by atoms with E-state index in [0.717, 1.165) is 11.3 Å². The maximum absolute atomic E-state index is 9.30. The van der Waals surface area contributed by atoms with Gasteiger partial charge < -0.3 is 14.3 Å². The lowest BCUT2D eigenvalue weighted by molar-refractivity contribution is 0.163. The van der Waals surface area contributed by atoms with Crippen LogP contribution in [0.3, 0.4) is 0 Å². The van der Waals surface area contributed by atoms with Gasteiger partial charge in [-0.05, 0) is 32.0 Å². The van der Waals surface area contributed by atoms with E-state index in [0.29, 0.717) is 12.5 Å². The molecule has 0 aliphatic heterocycles. The summed E-state index contributed by atoms with van der Waals surface area (Å²) in [4.78, 5) is 0. The van der Waals surface area contributed by atoms with Crippen LogP contribution in [0.4, 0.5) is 0 Å². The Labute approximate surface area is 99.1 Å². The topological polar surface area (TPSA) is 68.4 Å². The van der Waals surface area contributed by atoms with Crippen LogP contribution in [-0.4, -0.2) is 21.9 Å². The van der Waals surface area contributed by atoms with Gasteiger partial charge in [-0.3, -0.25) is 0 Å². The zero-order valence-corrected chi connectivity index (χ0v) is 9.75. The first-order valence-electron chi connectivity index (χ1n) is 5.45. The van der Waals surface area contributed by atoms with Crippen molar-refractivity contribution in [3.63, 3.8) is 0 Å². The molecule has 1 heterocycles. The third-order valence-corrected chi connectivity index (χ3v) is 2.19. The zero-order chi connectivity index (χ0) is 12.3. The molecular formula is C12H14N2O3. The molecule has 0 aliphatic rings. The summed E-state index contributed by atoms with van der Waals surface area (Å²) in [7, 11) is 0. The van der Waals surface area contributed by atoms with E-state index in [9.17, 15) is 5.11 Å². The molecule has 1 N–H and O–H groups in total. The van der Waals surface area contributed by atoms with Crippen molar-refractivity contribution in [1.82, 2.24) is 10.2 Å². The van der Waals surface area contributed by atoms with Crippen LogP contribution in [0.1, 0.15) is 25.8 Å². The van der Waals surface area contributed by atoms with Gasteiger partial charge in [-0.25, -0.2) is 0 Å². The second-order valence-electron chi connectivity index (χ2n) is 3.58. The number of rotatable bonds is 4. The van der Waals surface area contributed by atoms with E-state index in [1.807, 2.05) is 31.2 Å². The average Bonchev–Trinajstić information content (AvgIpc) is 2.79. The minimum absolute atomic E-state index is 0.210. The Hall–Kier alpha value is -1.88. The fourth-order valence-corrected chi connectivity index (χ4v) is 1.41. The SMILES string of the molecule is CCOc1cccc(-c2nnc(C(C)O)o2)c1. The minimum atomic E-state index is -0.758. The van der Waals surface area contributed by atoms with Gasteiger partial charge >= 0.3 is 0 Å². The molecule has 1 atom stereocenters. The monoisotopic (exact) mass is 234 g/mol. The molecule has 2 rings (SSSR count).